The predicted octanol–water partition coefficient (Wildman–Crippen LogP) is 3.95. The number of carbonyl (C=O) groups is 1. The number of hydrogen-bond donors (Lipinski definition) is 1. The molecule has 0 fully saturated rings. The highest BCUT2D eigenvalue weighted by Gasteiger charge is 2.18. The lowest BCUT2D eigenvalue weighted by Crippen LogP contribution is -2.33. The van der Waals surface area contributed by atoms with Crippen LogP contribution in [0.4, 0.5) is 10.1 Å². The molecule has 1 N–H and O–H groups in total. The summed E-state index contributed by atoms with van der Waals surface area (Å²) < 4.78 is 38.4. The van der Waals surface area contributed by atoms with Crippen LogP contribution in [0.5, 0.6) is 0 Å². The molecule has 1 amide bonds. The molecule has 0 heterocycles. The van der Waals surface area contributed by atoms with E-state index in [2.05, 4.69) is 5.32 Å². The van der Waals surface area contributed by atoms with Crippen molar-refractivity contribution < 1.29 is 17.6 Å². The molecule has 7 heteroatoms. The topological polar surface area (TPSA) is 66.5 Å². The van der Waals surface area contributed by atoms with Crippen molar-refractivity contribution in [3.05, 3.63) is 65.5 Å². The van der Waals surface area contributed by atoms with Gasteiger partial charge in [-0.2, -0.15) is 0 Å². The minimum absolute atomic E-state index is 0.0730. The third-order valence-corrected chi connectivity index (χ3v) is 5.70. The zero-order valence-corrected chi connectivity index (χ0v) is 17.3. The summed E-state index contributed by atoms with van der Waals surface area (Å²) in [6.07, 6.45) is 2.43. The largest absolute Gasteiger partial charge is 0.349 e. The molecule has 5 nitrogen and oxygen atoms in total. The Morgan fingerprint density at radius 3 is 2.25 bits per heavy atom. The first-order valence-electron chi connectivity index (χ1n) is 9.30. The maximum Gasteiger partial charge on any atom is 0.232 e. The number of aryl methyl sites for hydroxylation is 1. The lowest BCUT2D eigenvalue weighted by atomic mass is 10.0. The van der Waals surface area contributed by atoms with Gasteiger partial charge in [0.15, 0.2) is 0 Å². The van der Waals surface area contributed by atoms with Gasteiger partial charge in [0.25, 0.3) is 0 Å². The van der Waals surface area contributed by atoms with Crippen LogP contribution in [-0.4, -0.2) is 27.1 Å². The Hall–Kier alpha value is -2.41. The molecule has 0 aromatic heterocycles. The molecule has 152 valence electrons. The van der Waals surface area contributed by atoms with E-state index < -0.39 is 15.8 Å². The molecule has 2 rings (SSSR count). The monoisotopic (exact) mass is 406 g/mol. The molecule has 0 radical (unpaired) electrons. The van der Waals surface area contributed by atoms with Gasteiger partial charge in [-0.1, -0.05) is 36.8 Å². The van der Waals surface area contributed by atoms with E-state index in [1.807, 2.05) is 38.1 Å². The fourth-order valence-electron chi connectivity index (χ4n) is 2.96. The first-order chi connectivity index (χ1) is 13.2. The van der Waals surface area contributed by atoms with Crippen LogP contribution in [0.15, 0.2) is 48.5 Å². The highest BCUT2D eigenvalue weighted by molar-refractivity contribution is 7.92. The number of carbonyl (C=O) groups excluding carboxylic acids is 1. The van der Waals surface area contributed by atoms with E-state index in [1.54, 1.807) is 0 Å². The third kappa shape index (κ3) is 6.34. The average molecular weight is 407 g/mol. The first kappa shape index (κ1) is 21.9. The van der Waals surface area contributed by atoms with Crippen molar-refractivity contribution in [2.75, 3.05) is 17.1 Å². The predicted molar refractivity (Wildman–Crippen MR) is 110 cm³/mol. The van der Waals surface area contributed by atoms with Crippen LogP contribution < -0.4 is 9.62 Å². The molecule has 0 aliphatic heterocycles. The number of nitrogens with zero attached hydrogens (tertiary/aromatic N) is 1. The summed E-state index contributed by atoms with van der Waals surface area (Å²) in [6.45, 7) is 4.17. The van der Waals surface area contributed by atoms with Gasteiger partial charge in [-0.3, -0.25) is 9.10 Å². The molecule has 0 saturated heterocycles. The summed E-state index contributed by atoms with van der Waals surface area (Å²) in [7, 11) is -3.52. The molecule has 0 aliphatic rings. The molecule has 28 heavy (non-hydrogen) atoms. The van der Waals surface area contributed by atoms with Gasteiger partial charge in [-0.05, 0) is 49.6 Å². The Balaban J connectivity index is 1.94. The minimum atomic E-state index is -3.52. The standard InChI is InChI=1S/C21H27FN2O3S/c1-4-20(17-9-7-16(2)8-10-17)23-21(25)6-5-15-24(28(3,26)27)19-13-11-18(22)12-14-19/h7-14,20H,4-6,15H2,1-3H3,(H,23,25). The first-order valence-corrected chi connectivity index (χ1v) is 11.1. The Bertz CT molecular complexity index is 881. The van der Waals surface area contributed by atoms with E-state index in [0.717, 1.165) is 23.8 Å². The fraction of sp³-hybridized carbons (Fsp3) is 0.381. The third-order valence-electron chi connectivity index (χ3n) is 4.50. The summed E-state index contributed by atoms with van der Waals surface area (Å²) in [6, 6.07) is 13.2. The van der Waals surface area contributed by atoms with Gasteiger partial charge in [-0.25, -0.2) is 12.8 Å². The Kier molecular flexibility index (Phi) is 7.57. The lowest BCUT2D eigenvalue weighted by molar-refractivity contribution is -0.121. The molecular weight excluding hydrogens is 379 g/mol. The summed E-state index contributed by atoms with van der Waals surface area (Å²) in [5.41, 5.74) is 2.59. The molecule has 1 atom stereocenters. The van der Waals surface area contributed by atoms with Crippen molar-refractivity contribution in [2.24, 2.45) is 0 Å². The van der Waals surface area contributed by atoms with Gasteiger partial charge in [0.1, 0.15) is 5.82 Å². The van der Waals surface area contributed by atoms with Gasteiger partial charge in [0, 0.05) is 13.0 Å². The smallest absolute Gasteiger partial charge is 0.232 e. The average Bonchev–Trinajstić information content (AvgIpc) is 2.64. The summed E-state index contributed by atoms with van der Waals surface area (Å²) in [5, 5.41) is 3.01. The zero-order chi connectivity index (χ0) is 20.7. The number of rotatable bonds is 9. The minimum Gasteiger partial charge on any atom is -0.349 e. The molecule has 0 aliphatic carbocycles. The van der Waals surface area contributed by atoms with E-state index >= 15 is 0 Å². The van der Waals surface area contributed by atoms with Crippen molar-refractivity contribution in [3.8, 4) is 0 Å². The maximum atomic E-state index is 13.1. The van der Waals surface area contributed by atoms with E-state index in [9.17, 15) is 17.6 Å². The van der Waals surface area contributed by atoms with Crippen molar-refractivity contribution in [2.45, 2.75) is 39.2 Å². The van der Waals surface area contributed by atoms with Crippen LogP contribution in [0.2, 0.25) is 0 Å². The summed E-state index contributed by atoms with van der Waals surface area (Å²) >= 11 is 0. The SMILES string of the molecule is CCC(NC(=O)CCCN(c1ccc(F)cc1)S(C)(=O)=O)c1ccc(C)cc1. The number of sulfonamides is 1. The number of nitrogens with one attached hydrogen (secondary N) is 1. The van der Waals surface area contributed by atoms with E-state index in [-0.39, 0.29) is 24.9 Å². The van der Waals surface area contributed by atoms with Gasteiger partial charge in [-0.15, -0.1) is 0 Å². The molecule has 0 saturated carbocycles. The molecule has 0 bridgehead atoms. The summed E-state index contributed by atoms with van der Waals surface area (Å²) in [4.78, 5) is 12.3. The molecule has 2 aromatic carbocycles. The van der Waals surface area contributed by atoms with Gasteiger partial charge in [0.2, 0.25) is 15.9 Å². The van der Waals surface area contributed by atoms with Crippen molar-refractivity contribution in [1.82, 2.24) is 5.32 Å². The highest BCUT2D eigenvalue weighted by atomic mass is 32.2. The van der Waals surface area contributed by atoms with Crippen molar-refractivity contribution in [1.29, 1.82) is 0 Å². The van der Waals surface area contributed by atoms with Crippen LogP contribution >= 0.6 is 0 Å². The van der Waals surface area contributed by atoms with Crippen LogP contribution in [0.25, 0.3) is 0 Å². The molecular formula is C21H27FN2O3S. The zero-order valence-electron chi connectivity index (χ0n) is 16.5. The maximum absolute atomic E-state index is 13.1. The van der Waals surface area contributed by atoms with Crippen molar-refractivity contribution >= 4 is 21.6 Å². The Labute approximate surface area is 166 Å². The van der Waals surface area contributed by atoms with E-state index in [0.29, 0.717) is 12.1 Å². The number of halogens is 1. The van der Waals surface area contributed by atoms with Crippen LogP contribution in [0.1, 0.15) is 43.4 Å². The Morgan fingerprint density at radius 1 is 1.11 bits per heavy atom. The van der Waals surface area contributed by atoms with Gasteiger partial charge >= 0.3 is 0 Å². The molecule has 1 unspecified atom stereocenters. The van der Waals surface area contributed by atoms with Crippen LogP contribution in [0.3, 0.4) is 0 Å². The van der Waals surface area contributed by atoms with Crippen LogP contribution in [-0.2, 0) is 14.8 Å². The lowest BCUT2D eigenvalue weighted by Gasteiger charge is -2.23. The van der Waals surface area contributed by atoms with Crippen LogP contribution in [0, 0.1) is 12.7 Å². The number of anilines is 1. The van der Waals surface area contributed by atoms with Gasteiger partial charge in [0.05, 0.1) is 18.0 Å². The second-order valence-corrected chi connectivity index (χ2v) is 8.76. The van der Waals surface area contributed by atoms with Gasteiger partial charge < -0.3 is 5.32 Å². The van der Waals surface area contributed by atoms with E-state index in [1.165, 1.54) is 28.6 Å². The fourth-order valence-corrected chi connectivity index (χ4v) is 3.93. The molecule has 0 spiro atoms. The number of benzene rings is 2. The normalized spacial score (nSPS) is 12.4. The highest BCUT2D eigenvalue weighted by Crippen LogP contribution is 2.20. The Morgan fingerprint density at radius 2 is 1.71 bits per heavy atom. The number of hydrogen-bond acceptors (Lipinski definition) is 3. The number of amides is 1. The summed E-state index contributed by atoms with van der Waals surface area (Å²) in [5.74, 6) is -0.557. The van der Waals surface area contributed by atoms with E-state index in [4.69, 9.17) is 0 Å². The molecule has 2 aromatic rings. The second-order valence-electron chi connectivity index (χ2n) is 6.85. The second kappa shape index (κ2) is 9.68. The van der Waals surface area contributed by atoms with Crippen molar-refractivity contribution in [3.63, 3.8) is 0 Å². The quantitative estimate of drug-likeness (QED) is 0.686.